The van der Waals surface area contributed by atoms with Crippen LogP contribution < -0.4 is 0 Å². The second kappa shape index (κ2) is 6.66. The number of ketones is 2. The van der Waals surface area contributed by atoms with Crippen LogP contribution in [0.1, 0.15) is 39.8 Å². The average molecular weight is 268 g/mol. The molecule has 0 unspecified atom stereocenters. The summed E-state index contributed by atoms with van der Waals surface area (Å²) < 4.78 is 5.07. The first-order valence-corrected chi connectivity index (χ1v) is 6.60. The van der Waals surface area contributed by atoms with E-state index in [-0.39, 0.29) is 11.6 Å². The third-order valence-electron chi connectivity index (χ3n) is 2.92. The highest BCUT2D eigenvalue weighted by atomic mass is 16.3. The molecule has 3 heteroatoms. The number of hydrogen-bond donors (Lipinski definition) is 0. The number of rotatable bonds is 2. The summed E-state index contributed by atoms with van der Waals surface area (Å²) in [6, 6.07) is 10.8. The van der Waals surface area contributed by atoms with Gasteiger partial charge in [-0.25, -0.2) is 0 Å². The molecule has 102 valence electrons. The van der Waals surface area contributed by atoms with Gasteiger partial charge in [0, 0.05) is 17.5 Å². The van der Waals surface area contributed by atoms with E-state index in [9.17, 15) is 9.59 Å². The lowest BCUT2D eigenvalue weighted by Crippen LogP contribution is -2.10. The first-order valence-electron chi connectivity index (χ1n) is 6.60. The lowest BCUT2D eigenvalue weighted by atomic mass is 9.95. The van der Waals surface area contributed by atoms with E-state index in [1.54, 1.807) is 30.5 Å². The Morgan fingerprint density at radius 3 is 1.95 bits per heavy atom. The highest BCUT2D eigenvalue weighted by molar-refractivity contribution is 6.21. The summed E-state index contributed by atoms with van der Waals surface area (Å²) >= 11 is 0. The van der Waals surface area contributed by atoms with Gasteiger partial charge in [-0.15, -0.1) is 0 Å². The van der Waals surface area contributed by atoms with Crippen LogP contribution in [0.4, 0.5) is 0 Å². The molecule has 0 atom stereocenters. The number of allylic oxidation sites excluding steroid dienone is 2. The van der Waals surface area contributed by atoms with E-state index in [0.717, 1.165) is 18.6 Å². The molecule has 1 aromatic carbocycles. The Hall–Kier alpha value is -2.42. The van der Waals surface area contributed by atoms with Gasteiger partial charge in [0.05, 0.1) is 6.26 Å². The van der Waals surface area contributed by atoms with E-state index >= 15 is 0 Å². The fourth-order valence-corrected chi connectivity index (χ4v) is 1.95. The molecule has 1 aliphatic carbocycles. The molecular formula is C17H16O3. The van der Waals surface area contributed by atoms with Gasteiger partial charge in [0.15, 0.2) is 11.6 Å². The SMILES string of the molecule is CCCc1ccco1.O=C1C=CC(=O)c2ccccc21. The van der Waals surface area contributed by atoms with Crippen molar-refractivity contribution in [3.8, 4) is 0 Å². The number of fused-ring (bicyclic) bond motifs is 1. The summed E-state index contributed by atoms with van der Waals surface area (Å²) in [6.45, 7) is 2.14. The van der Waals surface area contributed by atoms with Gasteiger partial charge < -0.3 is 4.42 Å². The molecule has 0 amide bonds. The molecule has 3 rings (SSSR count). The summed E-state index contributed by atoms with van der Waals surface area (Å²) in [5, 5.41) is 0. The molecule has 1 aromatic heterocycles. The molecular weight excluding hydrogens is 252 g/mol. The van der Waals surface area contributed by atoms with Gasteiger partial charge >= 0.3 is 0 Å². The summed E-state index contributed by atoms with van der Waals surface area (Å²) in [4.78, 5) is 22.4. The van der Waals surface area contributed by atoms with Crippen molar-refractivity contribution in [3.05, 3.63) is 71.7 Å². The molecule has 2 aromatic rings. The van der Waals surface area contributed by atoms with Gasteiger partial charge in [0.1, 0.15) is 5.76 Å². The van der Waals surface area contributed by atoms with E-state index in [0.29, 0.717) is 11.1 Å². The third-order valence-corrected chi connectivity index (χ3v) is 2.92. The van der Waals surface area contributed by atoms with Crippen LogP contribution in [0.3, 0.4) is 0 Å². The van der Waals surface area contributed by atoms with Crippen molar-refractivity contribution in [3.63, 3.8) is 0 Å². The predicted molar refractivity (Wildman–Crippen MR) is 76.9 cm³/mol. The van der Waals surface area contributed by atoms with Crippen molar-refractivity contribution in [2.45, 2.75) is 19.8 Å². The maximum atomic E-state index is 11.2. The predicted octanol–water partition coefficient (Wildman–Crippen LogP) is 3.85. The minimum atomic E-state index is -0.0924. The Morgan fingerprint density at radius 1 is 0.900 bits per heavy atom. The molecule has 0 aliphatic heterocycles. The normalized spacial score (nSPS) is 12.7. The van der Waals surface area contributed by atoms with Crippen LogP contribution in [0, 0.1) is 0 Å². The third kappa shape index (κ3) is 3.32. The lowest BCUT2D eigenvalue weighted by molar-refractivity contribution is 0.0994. The number of carbonyl (C=O) groups excluding carboxylic acids is 2. The van der Waals surface area contributed by atoms with Gasteiger partial charge in [-0.1, -0.05) is 31.2 Å². The van der Waals surface area contributed by atoms with Crippen LogP contribution in [0.2, 0.25) is 0 Å². The number of aryl methyl sites for hydroxylation is 1. The molecule has 1 heterocycles. The smallest absolute Gasteiger partial charge is 0.186 e. The van der Waals surface area contributed by atoms with E-state index in [4.69, 9.17) is 4.42 Å². The highest BCUT2D eigenvalue weighted by Crippen LogP contribution is 2.15. The summed E-state index contributed by atoms with van der Waals surface area (Å²) in [5.41, 5.74) is 1.01. The Bertz CT molecular complexity index is 584. The maximum Gasteiger partial charge on any atom is 0.186 e. The van der Waals surface area contributed by atoms with Crippen molar-refractivity contribution in [1.82, 2.24) is 0 Å². The molecule has 0 saturated carbocycles. The largest absolute Gasteiger partial charge is 0.469 e. The second-order valence-corrected chi connectivity index (χ2v) is 4.44. The van der Waals surface area contributed by atoms with Crippen LogP contribution in [0.15, 0.2) is 59.2 Å². The fourth-order valence-electron chi connectivity index (χ4n) is 1.95. The Morgan fingerprint density at radius 2 is 1.50 bits per heavy atom. The van der Waals surface area contributed by atoms with Gasteiger partial charge in [-0.05, 0) is 30.7 Å². The zero-order valence-electron chi connectivity index (χ0n) is 11.3. The molecule has 3 nitrogen and oxygen atoms in total. The van der Waals surface area contributed by atoms with E-state index in [2.05, 4.69) is 6.92 Å². The standard InChI is InChI=1S/C10H6O2.C7H10O/c11-9-5-6-10(12)8-4-2-1-3-7(8)9;1-2-4-7-5-3-6-8-7/h1-6H;3,5-6H,2,4H2,1H3. The van der Waals surface area contributed by atoms with Crippen LogP contribution in [0.25, 0.3) is 0 Å². The minimum absolute atomic E-state index is 0.0924. The number of benzene rings is 1. The number of hydrogen-bond acceptors (Lipinski definition) is 3. The van der Waals surface area contributed by atoms with Crippen molar-refractivity contribution in [2.24, 2.45) is 0 Å². The van der Waals surface area contributed by atoms with Crippen molar-refractivity contribution in [1.29, 1.82) is 0 Å². The van der Waals surface area contributed by atoms with Crippen molar-refractivity contribution in [2.75, 3.05) is 0 Å². The monoisotopic (exact) mass is 268 g/mol. The van der Waals surface area contributed by atoms with Crippen LogP contribution >= 0.6 is 0 Å². The van der Waals surface area contributed by atoms with Gasteiger partial charge in [-0.3, -0.25) is 9.59 Å². The maximum absolute atomic E-state index is 11.2. The van der Waals surface area contributed by atoms with Crippen LogP contribution in [0.5, 0.6) is 0 Å². The molecule has 0 bridgehead atoms. The summed E-state index contributed by atoms with van der Waals surface area (Å²) in [6.07, 6.45) is 6.56. The van der Waals surface area contributed by atoms with E-state index < -0.39 is 0 Å². The second-order valence-electron chi connectivity index (χ2n) is 4.44. The first-order chi connectivity index (χ1) is 9.72. The molecule has 0 saturated heterocycles. The molecule has 20 heavy (non-hydrogen) atoms. The van der Waals surface area contributed by atoms with Gasteiger partial charge in [0.25, 0.3) is 0 Å². The molecule has 1 aliphatic rings. The van der Waals surface area contributed by atoms with E-state index in [1.165, 1.54) is 12.2 Å². The molecule has 0 fully saturated rings. The zero-order chi connectivity index (χ0) is 14.4. The zero-order valence-corrected chi connectivity index (χ0v) is 11.3. The van der Waals surface area contributed by atoms with Crippen LogP contribution in [-0.4, -0.2) is 11.6 Å². The summed E-state index contributed by atoms with van der Waals surface area (Å²) in [5.74, 6) is 0.905. The first kappa shape index (κ1) is 14.0. The Balaban J connectivity index is 0.000000160. The lowest BCUT2D eigenvalue weighted by Gasteiger charge is -2.06. The van der Waals surface area contributed by atoms with E-state index in [1.807, 2.05) is 12.1 Å². The summed E-state index contributed by atoms with van der Waals surface area (Å²) in [7, 11) is 0. The topological polar surface area (TPSA) is 47.3 Å². The highest BCUT2D eigenvalue weighted by Gasteiger charge is 2.16. The van der Waals surface area contributed by atoms with Gasteiger partial charge in [0.2, 0.25) is 0 Å². The average Bonchev–Trinajstić information content (AvgIpc) is 2.98. The quantitative estimate of drug-likeness (QED) is 0.831. The molecule has 0 spiro atoms. The van der Waals surface area contributed by atoms with Crippen molar-refractivity contribution < 1.29 is 14.0 Å². The van der Waals surface area contributed by atoms with Crippen LogP contribution in [-0.2, 0) is 6.42 Å². The van der Waals surface area contributed by atoms with Crippen molar-refractivity contribution >= 4 is 11.6 Å². The number of carbonyl (C=O) groups is 2. The molecule has 0 radical (unpaired) electrons. The molecule has 0 N–H and O–H groups in total. The number of furan rings is 1. The van der Waals surface area contributed by atoms with Gasteiger partial charge in [-0.2, -0.15) is 0 Å². The minimum Gasteiger partial charge on any atom is -0.469 e. The Kier molecular flexibility index (Phi) is 4.66. The fraction of sp³-hybridized carbons (Fsp3) is 0.176. The Labute approximate surface area is 117 Å².